The molecule has 0 aromatic heterocycles. The van der Waals surface area contributed by atoms with Crippen LogP contribution in [-0.4, -0.2) is 44.1 Å². The van der Waals surface area contributed by atoms with Gasteiger partial charge in [-0.1, -0.05) is 31.2 Å². The first-order valence-electron chi connectivity index (χ1n) is 9.80. The van der Waals surface area contributed by atoms with Crippen LogP contribution in [0.2, 0.25) is 0 Å². The van der Waals surface area contributed by atoms with Crippen molar-refractivity contribution in [1.29, 1.82) is 0 Å². The molecule has 0 fully saturated rings. The van der Waals surface area contributed by atoms with Crippen molar-refractivity contribution in [3.8, 4) is 0 Å². The minimum Gasteiger partial charge on any atom is -0.325 e. The van der Waals surface area contributed by atoms with E-state index in [0.717, 1.165) is 24.4 Å². The summed E-state index contributed by atoms with van der Waals surface area (Å²) < 4.78 is 28.2. The zero-order valence-corrected chi connectivity index (χ0v) is 18.0. The van der Waals surface area contributed by atoms with Crippen molar-refractivity contribution < 1.29 is 13.2 Å². The molecule has 1 unspecified atom stereocenters. The summed E-state index contributed by atoms with van der Waals surface area (Å²) >= 11 is 1.58. The number of carbonyl (C=O) groups excluding carboxylic acids is 1. The number of fused-ring (bicyclic) bond motifs is 2. The van der Waals surface area contributed by atoms with Crippen LogP contribution >= 0.6 is 11.8 Å². The Balaban J connectivity index is 1.39. The molecule has 2 aromatic carbocycles. The van der Waals surface area contributed by atoms with Crippen LogP contribution in [0.4, 0.5) is 5.69 Å². The van der Waals surface area contributed by atoms with Gasteiger partial charge in [0, 0.05) is 42.7 Å². The number of hydrogen-bond acceptors (Lipinski definition) is 5. The molecule has 4 rings (SSSR count). The summed E-state index contributed by atoms with van der Waals surface area (Å²) in [4.78, 5) is 15.3. The summed E-state index contributed by atoms with van der Waals surface area (Å²) in [6.07, 6.45) is 1.40. The van der Waals surface area contributed by atoms with E-state index in [0.29, 0.717) is 25.2 Å². The molecule has 8 heteroatoms. The highest BCUT2D eigenvalue weighted by molar-refractivity contribution is 8.00. The summed E-state index contributed by atoms with van der Waals surface area (Å²) in [7, 11) is -3.64. The summed E-state index contributed by atoms with van der Waals surface area (Å²) in [6, 6.07) is 13.3. The van der Waals surface area contributed by atoms with Crippen LogP contribution in [0.15, 0.2) is 52.3 Å². The Morgan fingerprint density at radius 2 is 2.00 bits per heavy atom. The second kappa shape index (κ2) is 8.47. The fourth-order valence-electron chi connectivity index (χ4n) is 3.76. The van der Waals surface area contributed by atoms with E-state index < -0.39 is 10.0 Å². The molecule has 0 bridgehead atoms. The second-order valence-electron chi connectivity index (χ2n) is 7.53. The Morgan fingerprint density at radius 1 is 1.21 bits per heavy atom. The van der Waals surface area contributed by atoms with Gasteiger partial charge < -0.3 is 5.32 Å². The van der Waals surface area contributed by atoms with Gasteiger partial charge in [0.05, 0.1) is 10.6 Å². The Bertz CT molecular complexity index is 1020. The van der Waals surface area contributed by atoms with Gasteiger partial charge in [0.1, 0.15) is 0 Å². The number of benzene rings is 2. The van der Waals surface area contributed by atoms with Crippen LogP contribution in [0, 0.1) is 0 Å². The maximum Gasteiger partial charge on any atom is 0.240 e. The van der Waals surface area contributed by atoms with Crippen LogP contribution in [0.1, 0.15) is 24.5 Å². The molecule has 6 nitrogen and oxygen atoms in total. The number of carbonyl (C=O) groups is 1. The van der Waals surface area contributed by atoms with Gasteiger partial charge in [-0.15, -0.1) is 11.8 Å². The maximum atomic E-state index is 12.7. The molecular formula is C21H25N3O3S2. The van der Waals surface area contributed by atoms with E-state index in [1.54, 1.807) is 30.0 Å². The molecule has 2 aliphatic rings. The molecule has 2 aromatic rings. The number of amides is 1. The number of rotatable bonds is 5. The molecule has 154 valence electrons. The van der Waals surface area contributed by atoms with Gasteiger partial charge in [-0.3, -0.25) is 9.69 Å². The van der Waals surface area contributed by atoms with Gasteiger partial charge in [-0.05, 0) is 35.7 Å². The minimum atomic E-state index is -3.64. The maximum absolute atomic E-state index is 12.7. The van der Waals surface area contributed by atoms with Crippen molar-refractivity contribution >= 4 is 33.4 Å². The molecule has 1 atom stereocenters. The van der Waals surface area contributed by atoms with Gasteiger partial charge in [0.25, 0.3) is 0 Å². The van der Waals surface area contributed by atoms with Crippen molar-refractivity contribution in [2.45, 2.75) is 41.4 Å². The molecule has 0 spiro atoms. The average molecular weight is 432 g/mol. The fourth-order valence-corrected chi connectivity index (χ4v) is 5.86. The largest absolute Gasteiger partial charge is 0.325 e. The summed E-state index contributed by atoms with van der Waals surface area (Å²) in [6.45, 7) is 4.77. The number of anilines is 1. The SMILES string of the molecule is CC1CC(=O)Nc2cc(S(=O)(=O)NCCN3CCc4ccccc4C3)ccc2S1. The molecule has 0 radical (unpaired) electrons. The zero-order valence-electron chi connectivity index (χ0n) is 16.3. The monoisotopic (exact) mass is 431 g/mol. The quantitative estimate of drug-likeness (QED) is 0.761. The average Bonchev–Trinajstić information content (AvgIpc) is 2.83. The van der Waals surface area contributed by atoms with Crippen molar-refractivity contribution in [1.82, 2.24) is 9.62 Å². The second-order valence-corrected chi connectivity index (χ2v) is 10.8. The normalized spacial score (nSPS) is 19.8. The van der Waals surface area contributed by atoms with Crippen LogP contribution in [-0.2, 0) is 27.8 Å². The Hall–Kier alpha value is -1.87. The molecule has 2 aliphatic heterocycles. The third-order valence-electron chi connectivity index (χ3n) is 5.27. The topological polar surface area (TPSA) is 78.5 Å². The summed E-state index contributed by atoms with van der Waals surface area (Å²) in [5, 5.41) is 2.98. The van der Waals surface area contributed by atoms with Crippen LogP contribution in [0.3, 0.4) is 0 Å². The van der Waals surface area contributed by atoms with Gasteiger partial charge in [-0.25, -0.2) is 13.1 Å². The van der Waals surface area contributed by atoms with Crippen molar-refractivity contribution in [3.63, 3.8) is 0 Å². The first-order valence-corrected chi connectivity index (χ1v) is 12.2. The molecule has 29 heavy (non-hydrogen) atoms. The van der Waals surface area contributed by atoms with Crippen LogP contribution < -0.4 is 10.0 Å². The van der Waals surface area contributed by atoms with Crippen molar-refractivity contribution in [3.05, 3.63) is 53.6 Å². The van der Waals surface area contributed by atoms with Crippen LogP contribution in [0.25, 0.3) is 0 Å². The van der Waals surface area contributed by atoms with E-state index in [4.69, 9.17) is 0 Å². The summed E-state index contributed by atoms with van der Waals surface area (Å²) in [5.41, 5.74) is 3.26. The van der Waals surface area contributed by atoms with Gasteiger partial charge >= 0.3 is 0 Å². The van der Waals surface area contributed by atoms with Crippen molar-refractivity contribution in [2.24, 2.45) is 0 Å². The number of nitrogens with zero attached hydrogens (tertiary/aromatic N) is 1. The number of thioether (sulfide) groups is 1. The lowest BCUT2D eigenvalue weighted by molar-refractivity contribution is -0.116. The lowest BCUT2D eigenvalue weighted by Crippen LogP contribution is -2.37. The first kappa shape index (κ1) is 20.4. The Labute approximate surface area is 176 Å². The van der Waals surface area contributed by atoms with E-state index >= 15 is 0 Å². The molecule has 0 saturated heterocycles. The Kier molecular flexibility index (Phi) is 5.96. The van der Waals surface area contributed by atoms with Gasteiger partial charge in [0.15, 0.2) is 0 Å². The predicted molar refractivity (Wildman–Crippen MR) is 116 cm³/mol. The van der Waals surface area contributed by atoms with E-state index in [-0.39, 0.29) is 16.1 Å². The van der Waals surface area contributed by atoms with Gasteiger partial charge in [0.2, 0.25) is 15.9 Å². The van der Waals surface area contributed by atoms with E-state index in [9.17, 15) is 13.2 Å². The summed E-state index contributed by atoms with van der Waals surface area (Å²) in [5.74, 6) is -0.0864. The number of hydrogen-bond donors (Lipinski definition) is 2. The van der Waals surface area contributed by atoms with Crippen LogP contribution in [0.5, 0.6) is 0 Å². The molecule has 2 N–H and O–H groups in total. The third kappa shape index (κ3) is 4.83. The van der Waals surface area contributed by atoms with Crippen molar-refractivity contribution in [2.75, 3.05) is 25.0 Å². The number of nitrogens with one attached hydrogen (secondary N) is 2. The smallest absolute Gasteiger partial charge is 0.240 e. The first-order chi connectivity index (χ1) is 13.9. The standard InChI is InChI=1S/C21H25N3O3S2/c1-15-12-21(25)23-19-13-18(6-7-20(19)28-15)29(26,27)22-9-11-24-10-8-16-4-2-3-5-17(16)14-24/h2-7,13,15,22H,8-12,14H2,1H3,(H,23,25). The highest BCUT2D eigenvalue weighted by Gasteiger charge is 2.22. The molecule has 2 heterocycles. The highest BCUT2D eigenvalue weighted by Crippen LogP contribution is 2.36. The van der Waals surface area contributed by atoms with E-state index in [2.05, 4.69) is 33.1 Å². The lowest BCUT2D eigenvalue weighted by atomic mass is 10.0. The van der Waals surface area contributed by atoms with Gasteiger partial charge in [-0.2, -0.15) is 0 Å². The third-order valence-corrected chi connectivity index (χ3v) is 7.90. The Morgan fingerprint density at radius 3 is 2.83 bits per heavy atom. The number of sulfonamides is 1. The molecular weight excluding hydrogens is 406 g/mol. The minimum absolute atomic E-state index is 0.0864. The fraction of sp³-hybridized carbons (Fsp3) is 0.381. The molecule has 1 amide bonds. The molecule has 0 saturated carbocycles. The molecule has 0 aliphatic carbocycles. The zero-order chi connectivity index (χ0) is 20.4. The lowest BCUT2D eigenvalue weighted by Gasteiger charge is -2.28. The highest BCUT2D eigenvalue weighted by atomic mass is 32.2. The van der Waals surface area contributed by atoms with E-state index in [1.807, 2.05) is 13.0 Å². The van der Waals surface area contributed by atoms with E-state index in [1.165, 1.54) is 11.1 Å². The predicted octanol–water partition coefficient (Wildman–Crippen LogP) is 2.85.